The molecule has 0 aliphatic carbocycles. The Balaban J connectivity index is 1.86. The summed E-state index contributed by atoms with van der Waals surface area (Å²) >= 11 is 0. The quantitative estimate of drug-likeness (QED) is 0.375. The molecule has 0 radical (unpaired) electrons. The third-order valence-corrected chi connectivity index (χ3v) is 9.36. The van der Waals surface area contributed by atoms with Gasteiger partial charge in [-0.15, -0.1) is 0 Å². The molecule has 30 heavy (non-hydrogen) atoms. The Morgan fingerprint density at radius 1 is 0.667 bits per heavy atom. The monoisotopic (exact) mass is 409 g/mol. The van der Waals surface area contributed by atoms with Crippen LogP contribution in [0.3, 0.4) is 0 Å². The summed E-state index contributed by atoms with van der Waals surface area (Å²) in [5.41, 5.74) is 6.55. The molecule has 0 saturated heterocycles. The summed E-state index contributed by atoms with van der Waals surface area (Å²) in [5, 5.41) is 1.89. The average Bonchev–Trinajstić information content (AvgIpc) is 2.77. The second kappa shape index (κ2) is 7.31. The van der Waals surface area contributed by atoms with Gasteiger partial charge in [0.2, 0.25) is 7.29 Å². The highest BCUT2D eigenvalue weighted by atomic mass is 31.2. The predicted octanol–water partition coefficient (Wildman–Crippen LogP) is 6.22. The molecular formula is C27H24NOP. The standard InChI is InChI=1S/C27H24NOP/c1-20-11-6-9-18-26(20)30(29)27-21(2)12-10-16-24(27)23-15-7-8-17-25(23)28(30)19-22-13-4-3-5-14-22/h3-18H,19H2,1-2H3/t30-/m1/s1. The van der Waals surface area contributed by atoms with Crippen molar-refractivity contribution in [2.24, 2.45) is 0 Å². The van der Waals surface area contributed by atoms with E-state index in [9.17, 15) is 0 Å². The predicted molar refractivity (Wildman–Crippen MR) is 127 cm³/mol. The molecule has 0 amide bonds. The fourth-order valence-corrected chi connectivity index (χ4v) is 8.07. The molecule has 0 spiro atoms. The molecule has 5 rings (SSSR count). The summed E-state index contributed by atoms with van der Waals surface area (Å²) in [6.07, 6.45) is 0. The zero-order valence-corrected chi connectivity index (χ0v) is 18.1. The van der Waals surface area contributed by atoms with E-state index in [-0.39, 0.29) is 0 Å². The molecule has 4 aromatic carbocycles. The minimum Gasteiger partial charge on any atom is -0.311 e. The van der Waals surface area contributed by atoms with Crippen molar-refractivity contribution in [3.8, 4) is 11.1 Å². The third kappa shape index (κ3) is 2.83. The van der Waals surface area contributed by atoms with E-state index in [1.165, 1.54) is 0 Å². The first kappa shape index (κ1) is 18.9. The van der Waals surface area contributed by atoms with E-state index in [0.29, 0.717) is 6.54 Å². The highest BCUT2D eigenvalue weighted by molar-refractivity contribution is 7.80. The summed E-state index contributed by atoms with van der Waals surface area (Å²) in [4.78, 5) is 0. The fraction of sp³-hybridized carbons (Fsp3) is 0.111. The Morgan fingerprint density at radius 2 is 1.30 bits per heavy atom. The van der Waals surface area contributed by atoms with Crippen molar-refractivity contribution in [1.29, 1.82) is 0 Å². The van der Waals surface area contributed by atoms with Crippen LogP contribution in [0.2, 0.25) is 0 Å². The Hall–Kier alpha value is -3.09. The number of nitrogens with zero attached hydrogens (tertiary/aromatic N) is 1. The SMILES string of the molecule is Cc1ccccc1[P@@]1(=O)c2c(C)cccc2-c2ccccc2N1Cc1ccccc1. The van der Waals surface area contributed by atoms with Crippen LogP contribution >= 0.6 is 7.29 Å². The zero-order valence-electron chi connectivity index (χ0n) is 17.2. The van der Waals surface area contributed by atoms with E-state index in [1.54, 1.807) is 0 Å². The molecule has 0 bridgehead atoms. The lowest BCUT2D eigenvalue weighted by Crippen LogP contribution is -2.38. The lowest BCUT2D eigenvalue weighted by Gasteiger charge is -2.41. The molecule has 3 heteroatoms. The van der Waals surface area contributed by atoms with E-state index in [1.807, 2.05) is 42.5 Å². The molecule has 4 aromatic rings. The summed E-state index contributed by atoms with van der Waals surface area (Å²) in [6.45, 7) is 4.74. The van der Waals surface area contributed by atoms with Crippen LogP contribution in [-0.4, -0.2) is 0 Å². The van der Waals surface area contributed by atoms with Crippen molar-refractivity contribution in [1.82, 2.24) is 0 Å². The molecule has 0 aromatic heterocycles. The largest absolute Gasteiger partial charge is 0.311 e. The second-order valence-electron chi connectivity index (χ2n) is 7.89. The van der Waals surface area contributed by atoms with E-state index in [0.717, 1.165) is 44.1 Å². The number of anilines is 1. The van der Waals surface area contributed by atoms with E-state index >= 15 is 4.57 Å². The molecule has 1 heterocycles. The third-order valence-electron chi connectivity index (χ3n) is 5.97. The van der Waals surface area contributed by atoms with Gasteiger partial charge in [-0.3, -0.25) is 4.57 Å². The van der Waals surface area contributed by atoms with E-state index < -0.39 is 7.29 Å². The lowest BCUT2D eigenvalue weighted by atomic mass is 10.0. The minimum atomic E-state index is -3.11. The van der Waals surface area contributed by atoms with Crippen LogP contribution in [0.15, 0.2) is 97.1 Å². The Kier molecular flexibility index (Phi) is 4.60. The van der Waals surface area contributed by atoms with Gasteiger partial charge in [0.25, 0.3) is 0 Å². The highest BCUT2D eigenvalue weighted by Gasteiger charge is 2.43. The van der Waals surface area contributed by atoms with Crippen LogP contribution in [0.5, 0.6) is 0 Å². The maximum Gasteiger partial charge on any atom is 0.231 e. The van der Waals surface area contributed by atoms with Gasteiger partial charge in [-0.2, -0.15) is 0 Å². The highest BCUT2D eigenvalue weighted by Crippen LogP contribution is 2.59. The molecule has 0 unspecified atom stereocenters. The van der Waals surface area contributed by atoms with Gasteiger partial charge in [0.1, 0.15) is 0 Å². The Bertz CT molecular complexity index is 1280. The van der Waals surface area contributed by atoms with Crippen LogP contribution in [0.4, 0.5) is 5.69 Å². The molecular weight excluding hydrogens is 385 g/mol. The maximum atomic E-state index is 15.3. The smallest absolute Gasteiger partial charge is 0.231 e. The molecule has 1 aliphatic rings. The summed E-state index contributed by atoms with van der Waals surface area (Å²) in [6, 6.07) is 33.1. The number of para-hydroxylation sites is 1. The first-order valence-electron chi connectivity index (χ1n) is 10.3. The number of fused-ring (bicyclic) bond motifs is 3. The van der Waals surface area contributed by atoms with Gasteiger partial charge in [0, 0.05) is 16.2 Å². The molecule has 1 aliphatic heterocycles. The molecule has 1 atom stereocenters. The van der Waals surface area contributed by atoms with Crippen LogP contribution < -0.4 is 15.3 Å². The number of aryl methyl sites for hydroxylation is 2. The first-order valence-corrected chi connectivity index (χ1v) is 11.9. The number of rotatable bonds is 3. The topological polar surface area (TPSA) is 20.3 Å². The van der Waals surface area contributed by atoms with Gasteiger partial charge in [-0.05, 0) is 48.2 Å². The zero-order chi connectivity index (χ0) is 20.7. The van der Waals surface area contributed by atoms with E-state index in [2.05, 4.69) is 73.1 Å². The van der Waals surface area contributed by atoms with Crippen molar-refractivity contribution in [3.05, 3.63) is 114 Å². The van der Waals surface area contributed by atoms with Crippen LogP contribution in [-0.2, 0) is 11.1 Å². The van der Waals surface area contributed by atoms with Gasteiger partial charge in [-0.1, -0.05) is 84.9 Å². The molecule has 0 N–H and O–H groups in total. The van der Waals surface area contributed by atoms with Gasteiger partial charge in [0.15, 0.2) is 0 Å². The molecule has 0 fully saturated rings. The number of hydrogen-bond donors (Lipinski definition) is 0. The first-order chi connectivity index (χ1) is 14.6. The van der Waals surface area contributed by atoms with Crippen molar-refractivity contribution in [3.63, 3.8) is 0 Å². The van der Waals surface area contributed by atoms with Crippen molar-refractivity contribution in [2.45, 2.75) is 20.4 Å². The van der Waals surface area contributed by atoms with Crippen molar-refractivity contribution >= 4 is 23.6 Å². The van der Waals surface area contributed by atoms with Crippen LogP contribution in [0, 0.1) is 13.8 Å². The van der Waals surface area contributed by atoms with Crippen molar-refractivity contribution in [2.75, 3.05) is 4.67 Å². The normalized spacial score (nSPS) is 17.3. The number of benzene rings is 4. The van der Waals surface area contributed by atoms with Gasteiger partial charge >= 0.3 is 0 Å². The van der Waals surface area contributed by atoms with Crippen molar-refractivity contribution < 1.29 is 4.57 Å². The lowest BCUT2D eigenvalue weighted by molar-refractivity contribution is 0.583. The maximum absolute atomic E-state index is 15.3. The summed E-state index contributed by atoms with van der Waals surface area (Å²) < 4.78 is 17.5. The minimum absolute atomic E-state index is 0.594. The Morgan fingerprint density at radius 3 is 2.10 bits per heavy atom. The molecule has 148 valence electrons. The van der Waals surface area contributed by atoms with Gasteiger partial charge in [-0.25, -0.2) is 0 Å². The van der Waals surface area contributed by atoms with Gasteiger partial charge < -0.3 is 4.67 Å². The summed E-state index contributed by atoms with van der Waals surface area (Å²) in [7, 11) is -3.11. The second-order valence-corrected chi connectivity index (χ2v) is 10.5. The van der Waals surface area contributed by atoms with E-state index in [4.69, 9.17) is 0 Å². The molecule has 0 saturated carbocycles. The Labute approximate surface area is 178 Å². The van der Waals surface area contributed by atoms with Gasteiger partial charge in [0.05, 0.1) is 12.2 Å². The molecule has 2 nitrogen and oxygen atoms in total. The fourth-order valence-electron chi connectivity index (χ4n) is 4.57. The average molecular weight is 409 g/mol. The van der Waals surface area contributed by atoms with Crippen LogP contribution in [0.25, 0.3) is 11.1 Å². The summed E-state index contributed by atoms with van der Waals surface area (Å²) in [5.74, 6) is 0. The van der Waals surface area contributed by atoms with Crippen LogP contribution in [0.1, 0.15) is 16.7 Å². The number of hydrogen-bond acceptors (Lipinski definition) is 1.